The van der Waals surface area contributed by atoms with E-state index in [0.29, 0.717) is 25.7 Å². The molecule has 0 fully saturated rings. The molecule has 0 aromatic heterocycles. The van der Waals surface area contributed by atoms with Gasteiger partial charge in [0.1, 0.15) is 0 Å². The second-order valence-electron chi connectivity index (χ2n) is 35.7. The van der Waals surface area contributed by atoms with E-state index in [1.54, 1.807) is 27.7 Å². The number of alkyl halides is 8. The van der Waals surface area contributed by atoms with E-state index in [2.05, 4.69) is 412 Å². The van der Waals surface area contributed by atoms with Gasteiger partial charge >= 0.3 is 44.9 Å². The van der Waals surface area contributed by atoms with Crippen molar-refractivity contribution in [3.05, 3.63) is 363 Å². The van der Waals surface area contributed by atoms with Crippen LogP contribution in [-0.4, -0.2) is 123 Å². The summed E-state index contributed by atoms with van der Waals surface area (Å²) in [4.78, 5) is 60.6. The molecule has 0 heterocycles. The minimum Gasteiger partial charge on any atom is -0.743 e. The zero-order chi connectivity index (χ0) is 109. The molecule has 0 amide bonds. The van der Waals surface area contributed by atoms with E-state index in [-0.39, 0.29) is 54.4 Å². The SMILES string of the molecule is CC(C)(C)c1ccc([S+](c2ccccc2)c2ccccc2)cc1.CC(C)(C)c1ccc([S+](c2ccccc2)c2ccccc2)cc1.CCC(C)(C)C(=O)OCC(F)(F)S(=O)(=O)[O-].CCC(C)(C)C(=O)OCC(F)(F)S(=O)(=O)[O-].CCC(C)C(=O)OCC(F)(F)S(=O)(=O)[O-].CCC(C)C(=O)OCC(F)(F)S(=O)(=O)[O-].c1ccc([S+](c2ccccc2)c2ccccc2)cc1.c1ccc([S+](c2ccccc2)c2ccccc2)cc1. The van der Waals surface area contributed by atoms with Crippen molar-refractivity contribution < 1.29 is 125 Å². The maximum atomic E-state index is 12.6. The van der Waals surface area contributed by atoms with Gasteiger partial charge < -0.3 is 37.2 Å². The van der Waals surface area contributed by atoms with Crippen molar-refractivity contribution >= 4 is 108 Å². The van der Waals surface area contributed by atoms with Gasteiger partial charge in [-0.15, -0.1) is 0 Å². The molecule has 36 heteroatoms. The van der Waals surface area contributed by atoms with Crippen molar-refractivity contribution in [3.8, 4) is 0 Å². The van der Waals surface area contributed by atoms with Crippen LogP contribution in [0.5, 0.6) is 0 Å². The molecule has 20 nitrogen and oxygen atoms in total. The normalized spacial score (nSPS) is 12.4. The molecule has 12 rings (SSSR count). The number of hydrogen-bond acceptors (Lipinski definition) is 20. The Balaban J connectivity index is 0.000000295. The molecule has 0 N–H and O–H groups in total. The van der Waals surface area contributed by atoms with E-state index < -0.39 is 134 Å². The molecule has 2 atom stereocenters. The zero-order valence-corrected chi connectivity index (χ0v) is 90.3. The van der Waals surface area contributed by atoms with Gasteiger partial charge in [0, 0.05) is 0 Å². The predicted molar refractivity (Wildman–Crippen MR) is 553 cm³/mol. The lowest BCUT2D eigenvalue weighted by Gasteiger charge is -2.24. The summed E-state index contributed by atoms with van der Waals surface area (Å²) in [6, 6.07) is 126. The van der Waals surface area contributed by atoms with E-state index in [1.807, 2.05) is 0 Å². The number of ether oxygens (including phenoxy) is 4. The highest BCUT2D eigenvalue weighted by Crippen LogP contribution is 2.39. The van der Waals surface area contributed by atoms with Gasteiger partial charge in [-0.05, 0) is 221 Å². The third-order valence-corrected chi connectivity index (χ3v) is 33.9. The summed E-state index contributed by atoms with van der Waals surface area (Å²) >= 11 is 0. The van der Waals surface area contributed by atoms with E-state index in [0.717, 1.165) is 0 Å². The van der Waals surface area contributed by atoms with E-state index in [9.17, 15) is 106 Å². The summed E-state index contributed by atoms with van der Waals surface area (Å²) in [6.07, 6.45) is 1.41. The lowest BCUT2D eigenvalue weighted by molar-refractivity contribution is -0.160. The Labute approximate surface area is 865 Å². The largest absolute Gasteiger partial charge is 0.743 e. The van der Waals surface area contributed by atoms with Crippen molar-refractivity contribution in [1.82, 2.24) is 0 Å². The molecule has 0 radical (unpaired) electrons. The van der Waals surface area contributed by atoms with Crippen LogP contribution in [0.15, 0.2) is 411 Å². The highest BCUT2D eigenvalue weighted by atomic mass is 32.2. The molecular formula is C110H124F8O20S8. The molecule has 788 valence electrons. The second-order valence-corrected chi connectivity index (χ2v) is 49.9. The van der Waals surface area contributed by atoms with Crippen LogP contribution in [0, 0.1) is 22.7 Å². The average Bonchev–Trinajstić information content (AvgIpc) is 0.765. The average molecular weight is 2170 g/mol. The van der Waals surface area contributed by atoms with Gasteiger partial charge in [-0.25, -0.2) is 33.7 Å². The van der Waals surface area contributed by atoms with Gasteiger partial charge in [-0.3, -0.25) is 19.2 Å². The summed E-state index contributed by atoms with van der Waals surface area (Å²) in [7, 11) is -23.3. The molecule has 0 saturated carbocycles. The first-order valence-corrected chi connectivity index (χ1v) is 56.3. The van der Waals surface area contributed by atoms with Crippen LogP contribution in [0.2, 0.25) is 0 Å². The molecule has 0 aliphatic carbocycles. The summed E-state index contributed by atoms with van der Waals surface area (Å²) in [5.41, 5.74) is 1.15. The van der Waals surface area contributed by atoms with Gasteiger partial charge in [0.05, 0.1) is 66.2 Å². The summed E-state index contributed by atoms with van der Waals surface area (Å²) in [5, 5.41) is -18.3. The van der Waals surface area contributed by atoms with Gasteiger partial charge in [0.2, 0.25) is 0 Å². The van der Waals surface area contributed by atoms with E-state index >= 15 is 0 Å². The Kier molecular flexibility index (Phi) is 49.4. The van der Waals surface area contributed by atoms with Crippen LogP contribution in [0.25, 0.3) is 0 Å². The van der Waals surface area contributed by atoms with Gasteiger partial charge in [0.15, 0.2) is 126 Å². The maximum Gasteiger partial charge on any atom is 0.367 e. The summed E-state index contributed by atoms with van der Waals surface area (Å²) < 4.78 is 237. The molecule has 12 aromatic carbocycles. The van der Waals surface area contributed by atoms with Crippen molar-refractivity contribution in [2.75, 3.05) is 26.4 Å². The molecular weight excluding hydrogens is 2050 g/mol. The van der Waals surface area contributed by atoms with Gasteiger partial charge in [-0.2, -0.15) is 35.1 Å². The first kappa shape index (κ1) is 125. The Hall–Kier alpha value is -11.0. The molecule has 0 spiro atoms. The number of benzene rings is 12. The quantitative estimate of drug-likeness (QED) is 0.0124. The molecule has 146 heavy (non-hydrogen) atoms. The summed E-state index contributed by atoms with van der Waals surface area (Å²) in [5.74, 6) is -5.09. The van der Waals surface area contributed by atoms with Crippen LogP contribution in [-0.2, 0) is 133 Å². The van der Waals surface area contributed by atoms with Gasteiger partial charge in [-0.1, -0.05) is 289 Å². The van der Waals surface area contributed by atoms with Crippen molar-refractivity contribution in [3.63, 3.8) is 0 Å². The molecule has 12 aromatic rings. The molecule has 0 aliphatic heterocycles. The second kappa shape index (κ2) is 57.5. The van der Waals surface area contributed by atoms with Gasteiger partial charge in [0.25, 0.3) is 0 Å². The Bertz CT molecular complexity index is 5770. The van der Waals surface area contributed by atoms with Crippen molar-refractivity contribution in [2.24, 2.45) is 22.7 Å². The van der Waals surface area contributed by atoms with Crippen LogP contribution in [0.3, 0.4) is 0 Å². The fraction of sp³-hybridized carbons (Fsp3) is 0.309. The molecule has 0 aliphatic rings. The Morgan fingerprint density at radius 2 is 0.384 bits per heavy atom. The fourth-order valence-electron chi connectivity index (χ4n) is 11.6. The number of carbonyl (C=O) groups is 4. The first-order valence-electron chi connectivity index (χ1n) is 45.8. The molecule has 0 saturated heterocycles. The number of halogens is 8. The minimum absolute atomic E-state index is 0.0146. The standard InChI is InChI=1S/2C22H23S.2C18H15S.2C8H14F2O5S.2C7H12F2O5S/c2*1-22(2,3)18-14-16-21(17-15-18)23(19-10-6-4-7-11-19)20-12-8-5-9-13-20;2*1-4-10-16(11-5-1)19(17-12-6-2-7-13-17)18-14-8-3-9-15-18;2*1-4-7(2,3)6(11)15-5-8(9,10)16(12,13)14;2*1-3-5(2)6(10)14-4-7(8,9)15(11,12)13/h2*4-17H,1-3H3;2*1-15H;2*4-5H2,1-3H3,(H,12,13,14);2*5H,3-4H2,1-2H3,(H,11,12,13)/q4*+1;;;;/p-4. The smallest absolute Gasteiger partial charge is 0.367 e. The lowest BCUT2D eigenvalue weighted by atomic mass is 9.87. The van der Waals surface area contributed by atoms with Crippen molar-refractivity contribution in [2.45, 2.75) is 227 Å². The number of carbonyl (C=O) groups excluding carboxylic acids is 4. The third kappa shape index (κ3) is 40.6. The Morgan fingerprint density at radius 3 is 0.507 bits per heavy atom. The topological polar surface area (TPSA) is 334 Å². The minimum atomic E-state index is -5.81. The van der Waals surface area contributed by atoms with Crippen molar-refractivity contribution in [1.29, 1.82) is 0 Å². The predicted octanol–water partition coefficient (Wildman–Crippen LogP) is 25.4. The number of esters is 4. The summed E-state index contributed by atoms with van der Waals surface area (Å²) in [6.45, 7) is 21.8. The maximum absolute atomic E-state index is 12.6. The fourth-order valence-corrected chi connectivity index (χ4v) is 20.8. The number of rotatable bonds is 32. The third-order valence-electron chi connectivity index (χ3n) is 21.6. The highest BCUT2D eigenvalue weighted by Gasteiger charge is 2.45. The van der Waals surface area contributed by atoms with Crippen LogP contribution < -0.4 is 0 Å². The zero-order valence-electron chi connectivity index (χ0n) is 83.8. The number of hydrogen-bond donors (Lipinski definition) is 0. The van der Waals surface area contributed by atoms with Crippen LogP contribution in [0.4, 0.5) is 35.1 Å². The first-order chi connectivity index (χ1) is 68.1. The van der Waals surface area contributed by atoms with Crippen LogP contribution in [0.1, 0.15) is 148 Å². The highest BCUT2D eigenvalue weighted by molar-refractivity contribution is 7.98. The monoisotopic (exact) mass is 2170 g/mol. The van der Waals surface area contributed by atoms with E-state index in [1.165, 1.54) is 111 Å². The van der Waals surface area contributed by atoms with Crippen LogP contribution >= 0.6 is 0 Å². The lowest BCUT2D eigenvalue weighted by Crippen LogP contribution is -2.37. The van der Waals surface area contributed by atoms with E-state index in [4.69, 9.17) is 0 Å². The Morgan fingerprint density at radius 1 is 0.247 bits per heavy atom. The molecule has 2 unspecified atom stereocenters. The molecule has 0 bridgehead atoms.